The third-order valence-corrected chi connectivity index (χ3v) is 3.40. The molecule has 0 aromatic carbocycles. The van der Waals surface area contributed by atoms with Gasteiger partial charge < -0.3 is 9.88 Å². The van der Waals surface area contributed by atoms with Crippen LogP contribution in [-0.4, -0.2) is 32.8 Å². The molecule has 1 N–H and O–H groups in total. The molecule has 1 saturated heterocycles. The highest BCUT2D eigenvalue weighted by Crippen LogP contribution is 2.24. The Morgan fingerprint density at radius 2 is 2.35 bits per heavy atom. The van der Waals surface area contributed by atoms with Crippen molar-refractivity contribution >= 4 is 15.9 Å². The molecule has 0 spiro atoms. The maximum atomic E-state index is 4.20. The molecule has 17 heavy (non-hydrogen) atoms. The molecule has 3 rings (SSSR count). The lowest BCUT2D eigenvalue weighted by Crippen LogP contribution is -2.13. The van der Waals surface area contributed by atoms with Gasteiger partial charge in [0, 0.05) is 29.0 Å². The van der Waals surface area contributed by atoms with E-state index in [1.807, 2.05) is 12.3 Å². The van der Waals surface area contributed by atoms with Gasteiger partial charge in [0.25, 0.3) is 0 Å². The molecule has 1 aliphatic heterocycles. The van der Waals surface area contributed by atoms with Crippen molar-refractivity contribution in [2.45, 2.75) is 12.5 Å². The molecule has 1 unspecified atom stereocenters. The maximum Gasteiger partial charge on any atom is 0.165 e. The molecule has 0 saturated carbocycles. The molecule has 1 aliphatic rings. The highest BCUT2D eigenvalue weighted by Gasteiger charge is 2.20. The van der Waals surface area contributed by atoms with E-state index in [2.05, 4.69) is 41.0 Å². The minimum Gasteiger partial charge on any atom is -0.315 e. The summed E-state index contributed by atoms with van der Waals surface area (Å²) in [5.74, 6) is 0.882. The molecular formula is C11H12BrN5. The first-order chi connectivity index (χ1) is 8.34. The standard InChI is InChI=1S/C11H12BrN5/c12-9-3-8(4-14-5-9)11-16-15-7-17(11)10-1-2-13-6-10/h3-5,7,10,13H,1-2,6H2. The topological polar surface area (TPSA) is 55.6 Å². The predicted molar refractivity (Wildman–Crippen MR) is 67.5 cm³/mol. The number of pyridine rings is 1. The van der Waals surface area contributed by atoms with Gasteiger partial charge in [-0.2, -0.15) is 0 Å². The SMILES string of the molecule is Brc1cncc(-c2nncn2C2CCNC2)c1. The molecule has 88 valence electrons. The fourth-order valence-corrected chi connectivity index (χ4v) is 2.49. The van der Waals surface area contributed by atoms with Crippen LogP contribution in [0.1, 0.15) is 12.5 Å². The largest absolute Gasteiger partial charge is 0.315 e. The molecule has 0 aliphatic carbocycles. The van der Waals surface area contributed by atoms with Gasteiger partial charge in [-0.25, -0.2) is 0 Å². The van der Waals surface area contributed by atoms with E-state index in [4.69, 9.17) is 0 Å². The lowest BCUT2D eigenvalue weighted by Gasteiger charge is -2.12. The second kappa shape index (κ2) is 4.54. The lowest BCUT2D eigenvalue weighted by molar-refractivity contribution is 0.550. The highest BCUT2D eigenvalue weighted by atomic mass is 79.9. The maximum absolute atomic E-state index is 4.20. The van der Waals surface area contributed by atoms with Crippen LogP contribution in [0.2, 0.25) is 0 Å². The van der Waals surface area contributed by atoms with Gasteiger partial charge in [-0.3, -0.25) is 4.98 Å². The molecule has 0 bridgehead atoms. The number of hydrogen-bond donors (Lipinski definition) is 1. The van der Waals surface area contributed by atoms with Gasteiger partial charge in [-0.05, 0) is 35.0 Å². The van der Waals surface area contributed by atoms with Crippen molar-refractivity contribution in [3.63, 3.8) is 0 Å². The van der Waals surface area contributed by atoms with Crippen molar-refractivity contribution < 1.29 is 0 Å². The minimum atomic E-state index is 0.444. The zero-order valence-electron chi connectivity index (χ0n) is 9.17. The number of hydrogen-bond acceptors (Lipinski definition) is 4. The van der Waals surface area contributed by atoms with Crippen molar-refractivity contribution in [2.75, 3.05) is 13.1 Å². The summed E-state index contributed by atoms with van der Waals surface area (Å²) in [6.07, 6.45) is 6.50. The summed E-state index contributed by atoms with van der Waals surface area (Å²) < 4.78 is 3.08. The van der Waals surface area contributed by atoms with Crippen LogP contribution < -0.4 is 5.32 Å². The number of aromatic nitrogens is 4. The molecule has 2 aromatic rings. The van der Waals surface area contributed by atoms with Crippen molar-refractivity contribution in [3.05, 3.63) is 29.3 Å². The van der Waals surface area contributed by atoms with E-state index >= 15 is 0 Å². The Labute approximate surface area is 107 Å². The molecule has 0 radical (unpaired) electrons. The van der Waals surface area contributed by atoms with Gasteiger partial charge in [0.15, 0.2) is 5.82 Å². The van der Waals surface area contributed by atoms with Crippen molar-refractivity contribution in [3.8, 4) is 11.4 Å². The van der Waals surface area contributed by atoms with Crippen LogP contribution in [0.3, 0.4) is 0 Å². The summed E-state index contributed by atoms with van der Waals surface area (Å²) in [6.45, 7) is 2.03. The Hall–Kier alpha value is -1.27. The molecule has 5 nitrogen and oxygen atoms in total. The third-order valence-electron chi connectivity index (χ3n) is 2.96. The second-order valence-corrected chi connectivity index (χ2v) is 5.02. The first-order valence-corrected chi connectivity index (χ1v) is 6.35. The van der Waals surface area contributed by atoms with Gasteiger partial charge >= 0.3 is 0 Å². The van der Waals surface area contributed by atoms with Gasteiger partial charge in [0.05, 0.1) is 6.04 Å². The summed E-state index contributed by atoms with van der Waals surface area (Å²) in [5.41, 5.74) is 0.990. The average molecular weight is 294 g/mol. The Balaban J connectivity index is 2.00. The molecule has 1 fully saturated rings. The number of halogens is 1. The zero-order chi connectivity index (χ0) is 11.7. The zero-order valence-corrected chi connectivity index (χ0v) is 10.8. The van der Waals surface area contributed by atoms with Crippen LogP contribution in [0.25, 0.3) is 11.4 Å². The number of nitrogens with one attached hydrogen (secondary N) is 1. The second-order valence-electron chi connectivity index (χ2n) is 4.10. The van der Waals surface area contributed by atoms with Crippen molar-refractivity contribution in [1.82, 2.24) is 25.1 Å². The summed E-state index contributed by atoms with van der Waals surface area (Å²) in [4.78, 5) is 4.16. The quantitative estimate of drug-likeness (QED) is 0.915. The Morgan fingerprint density at radius 3 is 3.12 bits per heavy atom. The van der Waals surface area contributed by atoms with Crippen LogP contribution in [-0.2, 0) is 0 Å². The monoisotopic (exact) mass is 293 g/mol. The van der Waals surface area contributed by atoms with E-state index in [1.165, 1.54) is 0 Å². The minimum absolute atomic E-state index is 0.444. The van der Waals surface area contributed by atoms with Gasteiger partial charge in [0.1, 0.15) is 6.33 Å². The van der Waals surface area contributed by atoms with E-state index < -0.39 is 0 Å². The summed E-state index contributed by atoms with van der Waals surface area (Å²) in [6, 6.07) is 2.45. The van der Waals surface area contributed by atoms with E-state index in [9.17, 15) is 0 Å². The highest BCUT2D eigenvalue weighted by molar-refractivity contribution is 9.10. The lowest BCUT2D eigenvalue weighted by atomic mass is 10.2. The van der Waals surface area contributed by atoms with Gasteiger partial charge in [-0.1, -0.05) is 0 Å². The molecule has 1 atom stereocenters. The van der Waals surface area contributed by atoms with E-state index in [-0.39, 0.29) is 0 Å². The first kappa shape index (κ1) is 10.9. The number of rotatable bonds is 2. The summed E-state index contributed by atoms with van der Waals surface area (Å²) in [5, 5.41) is 11.6. The molecule has 2 aromatic heterocycles. The number of nitrogens with zero attached hydrogens (tertiary/aromatic N) is 4. The van der Waals surface area contributed by atoms with Crippen LogP contribution >= 0.6 is 15.9 Å². The Kier molecular flexibility index (Phi) is 2.90. The van der Waals surface area contributed by atoms with Gasteiger partial charge in [0.2, 0.25) is 0 Å². The fourth-order valence-electron chi connectivity index (χ4n) is 2.13. The molecular weight excluding hydrogens is 282 g/mol. The molecule has 3 heterocycles. The van der Waals surface area contributed by atoms with E-state index in [1.54, 1.807) is 12.5 Å². The third kappa shape index (κ3) is 2.10. The van der Waals surface area contributed by atoms with Gasteiger partial charge in [-0.15, -0.1) is 10.2 Å². The van der Waals surface area contributed by atoms with Crippen molar-refractivity contribution in [1.29, 1.82) is 0 Å². The van der Waals surface area contributed by atoms with Crippen LogP contribution in [0.15, 0.2) is 29.3 Å². The predicted octanol–water partition coefficient (Wildman–Crippen LogP) is 1.64. The first-order valence-electron chi connectivity index (χ1n) is 5.56. The molecule has 6 heteroatoms. The average Bonchev–Trinajstić information content (AvgIpc) is 3.00. The summed E-state index contributed by atoms with van der Waals surface area (Å²) >= 11 is 3.42. The Morgan fingerprint density at radius 1 is 1.41 bits per heavy atom. The molecule has 0 amide bonds. The van der Waals surface area contributed by atoms with E-state index in [0.717, 1.165) is 35.4 Å². The smallest absolute Gasteiger partial charge is 0.165 e. The van der Waals surface area contributed by atoms with Crippen LogP contribution in [0.5, 0.6) is 0 Å². The van der Waals surface area contributed by atoms with Crippen LogP contribution in [0.4, 0.5) is 0 Å². The normalized spacial score (nSPS) is 19.7. The van der Waals surface area contributed by atoms with Crippen LogP contribution in [0, 0.1) is 0 Å². The van der Waals surface area contributed by atoms with E-state index in [0.29, 0.717) is 6.04 Å². The Bertz CT molecular complexity index is 518. The summed E-state index contributed by atoms with van der Waals surface area (Å²) in [7, 11) is 0. The van der Waals surface area contributed by atoms with Crippen molar-refractivity contribution in [2.24, 2.45) is 0 Å². The fraction of sp³-hybridized carbons (Fsp3) is 0.364.